The van der Waals surface area contributed by atoms with Crippen LogP contribution in [0.25, 0.3) is 0 Å². The maximum atomic E-state index is 13.6. The third-order valence-corrected chi connectivity index (χ3v) is 10.2. The van der Waals surface area contributed by atoms with Gasteiger partial charge in [-0.1, -0.05) is 96.3 Å². The van der Waals surface area contributed by atoms with Crippen molar-refractivity contribution in [3.05, 3.63) is 32.9 Å². The number of aliphatic hydroxyl groups is 1. The predicted molar refractivity (Wildman–Crippen MR) is 162 cm³/mol. The average molecular weight is 639 g/mol. The van der Waals surface area contributed by atoms with E-state index in [9.17, 15) is 28.5 Å². The van der Waals surface area contributed by atoms with Crippen LogP contribution in [0.4, 0.5) is 4.39 Å². The fourth-order valence-electron chi connectivity index (χ4n) is 4.91. The van der Waals surface area contributed by atoms with Crippen LogP contribution < -0.4 is 11.2 Å². The van der Waals surface area contributed by atoms with Gasteiger partial charge in [-0.2, -0.15) is 4.39 Å². The van der Waals surface area contributed by atoms with Crippen LogP contribution in [0, 0.1) is 5.82 Å². The number of hydrogen-bond acceptors (Lipinski definition) is 8. The molecule has 0 saturated carbocycles. The zero-order valence-electron chi connectivity index (χ0n) is 25.6. The lowest BCUT2D eigenvalue weighted by atomic mass is 10.1. The minimum atomic E-state index is -4.43. The summed E-state index contributed by atoms with van der Waals surface area (Å²) in [6.07, 6.45) is 13.5. The van der Waals surface area contributed by atoms with Crippen LogP contribution in [0.1, 0.15) is 83.1 Å². The Kier molecular flexibility index (Phi) is 17.0. The van der Waals surface area contributed by atoms with Crippen LogP contribution in [-0.4, -0.2) is 72.9 Å². The molecule has 1 saturated heterocycles. The third-order valence-electron chi connectivity index (χ3n) is 7.39. The molecule has 1 aromatic rings. The third kappa shape index (κ3) is 15.0. The first kappa shape index (κ1) is 37.0. The first-order valence-electron chi connectivity index (χ1n) is 15.4. The van der Waals surface area contributed by atoms with E-state index in [1.165, 1.54) is 70.3 Å². The number of H-pyrrole nitrogens is 1. The van der Waals surface area contributed by atoms with Gasteiger partial charge >= 0.3 is 13.5 Å². The number of unbranched alkanes of at least 4 members (excludes halogenated alkanes) is 11. The normalized spacial score (nSPS) is 20.7. The number of aliphatic hydroxyl groups excluding tert-OH is 1. The first-order chi connectivity index (χ1) is 19.9. The largest absolute Gasteiger partial charge is 0.472 e. The molecule has 2 rings (SSSR count). The molecule has 1 fully saturated rings. The molecule has 0 amide bonds. The van der Waals surface area contributed by atoms with E-state index in [4.69, 9.17) is 18.5 Å². The molecule has 4 atom stereocenters. The quantitative estimate of drug-likeness (QED) is 0.0841. The van der Waals surface area contributed by atoms with Gasteiger partial charge < -0.3 is 19.5 Å². The van der Waals surface area contributed by atoms with Gasteiger partial charge in [0.15, 0.2) is 0 Å². The maximum Gasteiger partial charge on any atom is 0.472 e. The number of aromatic amines is 1. The van der Waals surface area contributed by atoms with Crippen molar-refractivity contribution in [3.8, 4) is 0 Å². The Morgan fingerprint density at radius 3 is 2.12 bits per heavy atom. The first-order valence-corrected chi connectivity index (χ1v) is 20.6. The number of aromatic nitrogens is 2. The molecule has 0 aromatic carbocycles. The highest BCUT2D eigenvalue weighted by molar-refractivity contribution is 7.47. The highest BCUT2D eigenvalue weighted by Gasteiger charge is 2.39. The molecule has 1 aliphatic heterocycles. The van der Waals surface area contributed by atoms with Gasteiger partial charge in [0.05, 0.1) is 38.7 Å². The Labute approximate surface area is 249 Å². The van der Waals surface area contributed by atoms with Gasteiger partial charge in [0, 0.05) is 14.7 Å². The summed E-state index contributed by atoms with van der Waals surface area (Å²) in [6, 6.07) is 0.449. The summed E-state index contributed by atoms with van der Waals surface area (Å²) in [4.78, 5) is 34.8. The fraction of sp³-hybridized carbons (Fsp3) is 0.857. The van der Waals surface area contributed by atoms with Gasteiger partial charge in [-0.3, -0.25) is 23.4 Å². The summed E-state index contributed by atoms with van der Waals surface area (Å²) in [5.41, 5.74) is -2.08. The predicted octanol–water partition coefficient (Wildman–Crippen LogP) is 5.15. The number of phosphoric acid groups is 1. The van der Waals surface area contributed by atoms with Crippen molar-refractivity contribution >= 4 is 15.9 Å². The van der Waals surface area contributed by atoms with E-state index in [0.29, 0.717) is 12.8 Å². The van der Waals surface area contributed by atoms with Gasteiger partial charge in [-0.15, -0.1) is 0 Å². The lowest BCUT2D eigenvalue weighted by molar-refractivity contribution is -0.00374. The van der Waals surface area contributed by atoms with Crippen molar-refractivity contribution in [2.75, 3.05) is 33.0 Å². The fourth-order valence-corrected chi connectivity index (χ4v) is 6.94. The van der Waals surface area contributed by atoms with Crippen molar-refractivity contribution in [3.63, 3.8) is 0 Å². The molecule has 2 unspecified atom stereocenters. The number of hydrogen-bond donors (Lipinski definition) is 3. The summed E-state index contributed by atoms with van der Waals surface area (Å²) < 4.78 is 47.1. The standard InChI is InChI=1S/C28H52FN2O9PSi/c1-42(2,3)19-15-13-11-9-7-5-4-6-8-10-12-14-16-37-17-18-39-41(35,36)40-22-25-26(32)24(21-38-25)31-20-23(29)27(33)30-28(31)34/h20,24-26,32H,4-19,21-22H2,1-3H3,(H,35,36)(H,30,33,34)/t24?,25-,26+/m1/s1. The number of phosphoric ester groups is 1. The van der Waals surface area contributed by atoms with Crippen LogP contribution in [0.15, 0.2) is 15.8 Å². The maximum absolute atomic E-state index is 13.6. The summed E-state index contributed by atoms with van der Waals surface area (Å²) >= 11 is 0. The van der Waals surface area contributed by atoms with E-state index < -0.39 is 57.8 Å². The Morgan fingerprint density at radius 1 is 0.952 bits per heavy atom. The molecule has 244 valence electrons. The second-order valence-corrected chi connectivity index (χ2v) is 19.4. The number of nitrogens with one attached hydrogen (secondary N) is 1. The highest BCUT2D eigenvalue weighted by atomic mass is 31.2. The second-order valence-electron chi connectivity index (χ2n) is 12.3. The molecule has 3 N–H and O–H groups in total. The lowest BCUT2D eigenvalue weighted by Gasteiger charge is -2.20. The van der Waals surface area contributed by atoms with E-state index in [1.807, 2.05) is 0 Å². The van der Waals surface area contributed by atoms with Crippen LogP contribution in [-0.2, 0) is 23.1 Å². The molecule has 0 spiro atoms. The van der Waals surface area contributed by atoms with Crippen molar-refractivity contribution in [2.45, 2.75) is 121 Å². The molecule has 0 aliphatic carbocycles. The monoisotopic (exact) mass is 638 g/mol. The molecule has 1 aliphatic rings. The zero-order valence-corrected chi connectivity index (χ0v) is 27.5. The van der Waals surface area contributed by atoms with E-state index in [0.717, 1.165) is 17.4 Å². The summed E-state index contributed by atoms with van der Waals surface area (Å²) in [5.74, 6) is -1.19. The van der Waals surface area contributed by atoms with E-state index in [1.54, 1.807) is 4.98 Å². The van der Waals surface area contributed by atoms with Gasteiger partial charge in [0.25, 0.3) is 5.56 Å². The van der Waals surface area contributed by atoms with E-state index in [2.05, 4.69) is 19.6 Å². The zero-order chi connectivity index (χ0) is 31.0. The van der Waals surface area contributed by atoms with Crippen molar-refractivity contribution in [1.29, 1.82) is 0 Å². The smallest absolute Gasteiger partial charge is 0.388 e. The topological polar surface area (TPSA) is 149 Å². The van der Waals surface area contributed by atoms with E-state index >= 15 is 0 Å². The number of ether oxygens (including phenoxy) is 2. The second kappa shape index (κ2) is 19.3. The van der Waals surface area contributed by atoms with Crippen LogP contribution in [0.5, 0.6) is 0 Å². The van der Waals surface area contributed by atoms with Gasteiger partial charge in [0.2, 0.25) is 5.82 Å². The molecule has 14 heteroatoms. The molecule has 0 bridgehead atoms. The van der Waals surface area contributed by atoms with Crippen molar-refractivity contribution in [1.82, 2.24) is 9.55 Å². The minimum Gasteiger partial charge on any atom is -0.388 e. The van der Waals surface area contributed by atoms with Gasteiger partial charge in [-0.05, 0) is 6.42 Å². The molecule has 42 heavy (non-hydrogen) atoms. The molecule has 2 heterocycles. The average Bonchev–Trinajstić information content (AvgIpc) is 3.28. The Morgan fingerprint density at radius 2 is 1.52 bits per heavy atom. The molecular weight excluding hydrogens is 586 g/mol. The van der Waals surface area contributed by atoms with Crippen LogP contribution in [0.2, 0.25) is 25.7 Å². The van der Waals surface area contributed by atoms with Gasteiger partial charge in [-0.25, -0.2) is 9.36 Å². The number of rotatable bonds is 23. The molecule has 1 aromatic heterocycles. The van der Waals surface area contributed by atoms with E-state index in [-0.39, 0.29) is 19.8 Å². The molecular formula is C28H52FN2O9PSi. The summed E-state index contributed by atoms with van der Waals surface area (Å²) in [6.45, 7) is 7.20. The summed E-state index contributed by atoms with van der Waals surface area (Å²) in [7, 11) is -5.29. The summed E-state index contributed by atoms with van der Waals surface area (Å²) in [5, 5.41) is 10.4. The minimum absolute atomic E-state index is 0.136. The molecule has 11 nitrogen and oxygen atoms in total. The SMILES string of the molecule is C[Si](C)(C)CCCCCCCCCCCCCCOCCOP(=O)(O)OC[C@H]1OCC(n2cc(F)c(=O)[nH]c2=O)[C@@H]1O. The Bertz CT molecular complexity index is 1070. The number of nitrogens with zero attached hydrogens (tertiary/aromatic N) is 1. The van der Waals surface area contributed by atoms with Gasteiger partial charge in [0.1, 0.15) is 12.2 Å². The highest BCUT2D eigenvalue weighted by Crippen LogP contribution is 2.43. The van der Waals surface area contributed by atoms with Crippen molar-refractivity contribution < 1.29 is 37.5 Å². The Hall–Kier alpha value is -1.18. The molecule has 0 radical (unpaired) electrons. The van der Waals surface area contributed by atoms with Crippen LogP contribution >= 0.6 is 7.82 Å². The van der Waals surface area contributed by atoms with Crippen LogP contribution in [0.3, 0.4) is 0 Å². The lowest BCUT2D eigenvalue weighted by Crippen LogP contribution is -2.39. The van der Waals surface area contributed by atoms with Crippen molar-refractivity contribution in [2.24, 2.45) is 0 Å². The number of halogens is 1. The Balaban J connectivity index is 1.43.